The molecule has 4 bridgehead atoms. The Balaban J connectivity index is 1.00. The van der Waals surface area contributed by atoms with Crippen molar-refractivity contribution in [3.8, 4) is 5.69 Å². The number of aryl methyl sites for hydroxylation is 1. The van der Waals surface area contributed by atoms with Crippen LogP contribution >= 0.6 is 0 Å². The van der Waals surface area contributed by atoms with Gasteiger partial charge in [0, 0.05) is 77.2 Å². The predicted molar refractivity (Wildman–Crippen MR) is 177 cm³/mol. The molecule has 5 aromatic rings. The molecule has 230 valence electrons. The maximum absolute atomic E-state index is 5.04. The van der Waals surface area contributed by atoms with E-state index in [1.165, 1.54) is 25.7 Å². The molecule has 45 heavy (non-hydrogen) atoms. The second-order valence-corrected chi connectivity index (χ2v) is 13.4. The average Bonchev–Trinajstić information content (AvgIpc) is 3.71. The summed E-state index contributed by atoms with van der Waals surface area (Å²) in [6.45, 7) is 2.05. The Hall–Kier alpha value is -4.35. The summed E-state index contributed by atoms with van der Waals surface area (Å²) >= 11 is 0. The van der Waals surface area contributed by atoms with Crippen LogP contribution < -0.4 is 26.6 Å². The van der Waals surface area contributed by atoms with E-state index in [4.69, 9.17) is 20.1 Å². The second kappa shape index (κ2) is 10.9. The molecule has 11 nitrogen and oxygen atoms in total. The maximum Gasteiger partial charge on any atom is 0.154 e. The molecule has 11 heteroatoms. The molecular weight excluding hydrogens is 562 g/mol. The minimum absolute atomic E-state index is 0.395. The zero-order chi connectivity index (χ0) is 29.9. The van der Waals surface area contributed by atoms with Gasteiger partial charge in [0.1, 0.15) is 28.7 Å². The van der Waals surface area contributed by atoms with E-state index in [1.54, 1.807) is 0 Å². The van der Waals surface area contributed by atoms with Gasteiger partial charge in [-0.15, -0.1) is 5.10 Å². The molecule has 4 saturated heterocycles. The Morgan fingerprint density at radius 2 is 1.38 bits per heavy atom. The van der Waals surface area contributed by atoms with Crippen molar-refractivity contribution in [3.63, 3.8) is 0 Å². The first-order chi connectivity index (χ1) is 22.1. The highest BCUT2D eigenvalue weighted by atomic mass is 15.3. The van der Waals surface area contributed by atoms with Crippen LogP contribution in [0.2, 0.25) is 0 Å². The molecule has 0 aromatic carbocycles. The molecule has 4 aliphatic rings. The van der Waals surface area contributed by atoms with E-state index in [0.29, 0.717) is 47.9 Å². The summed E-state index contributed by atoms with van der Waals surface area (Å²) in [5.41, 5.74) is 3.60. The molecule has 4 fully saturated rings. The van der Waals surface area contributed by atoms with Crippen molar-refractivity contribution in [1.29, 1.82) is 0 Å². The normalized spacial score (nSPS) is 27.2. The van der Waals surface area contributed by atoms with E-state index < -0.39 is 0 Å². The van der Waals surface area contributed by atoms with Gasteiger partial charge in [-0.3, -0.25) is 9.97 Å². The van der Waals surface area contributed by atoms with Gasteiger partial charge < -0.3 is 26.6 Å². The monoisotopic (exact) mass is 601 g/mol. The number of hydrogen-bond donors (Lipinski definition) is 5. The van der Waals surface area contributed by atoms with Crippen molar-refractivity contribution in [2.24, 2.45) is 0 Å². The lowest BCUT2D eigenvalue weighted by molar-refractivity contribution is 0.377. The summed E-state index contributed by atoms with van der Waals surface area (Å²) in [6, 6.07) is 15.4. The molecule has 0 aliphatic carbocycles. The Morgan fingerprint density at radius 1 is 0.733 bits per heavy atom. The van der Waals surface area contributed by atoms with E-state index >= 15 is 0 Å². The van der Waals surface area contributed by atoms with Crippen molar-refractivity contribution in [1.82, 2.24) is 40.3 Å². The number of pyridine rings is 4. The highest BCUT2D eigenvalue weighted by molar-refractivity contribution is 5.94. The van der Waals surface area contributed by atoms with Crippen molar-refractivity contribution < 1.29 is 0 Å². The Kier molecular flexibility index (Phi) is 6.55. The van der Waals surface area contributed by atoms with Crippen LogP contribution in [0.25, 0.3) is 27.5 Å². The van der Waals surface area contributed by atoms with Gasteiger partial charge in [0.2, 0.25) is 0 Å². The molecule has 0 unspecified atom stereocenters. The van der Waals surface area contributed by atoms with Gasteiger partial charge in [0.15, 0.2) is 5.82 Å². The summed E-state index contributed by atoms with van der Waals surface area (Å²) in [5, 5.41) is 25.5. The Morgan fingerprint density at radius 3 is 2.09 bits per heavy atom. The van der Waals surface area contributed by atoms with Crippen LogP contribution in [0.3, 0.4) is 0 Å². The van der Waals surface area contributed by atoms with E-state index in [0.717, 1.165) is 70.5 Å². The maximum atomic E-state index is 5.04. The van der Waals surface area contributed by atoms with Gasteiger partial charge in [-0.05, 0) is 82.6 Å². The van der Waals surface area contributed by atoms with Crippen molar-refractivity contribution in [3.05, 3.63) is 60.7 Å². The van der Waals surface area contributed by atoms with E-state index in [2.05, 4.69) is 50.6 Å². The SMILES string of the molecule is Cc1cc(Nc2cc3ncccc3c(N[C@@H]3C[C@H]4CC[C@@H](C3)N4)n2)nn1-c1cnc(N[C@@H]2C[C@H]3CC[C@@H](C2)N3)c2cccnc12. The zero-order valence-corrected chi connectivity index (χ0v) is 25.5. The third-order valence-corrected chi connectivity index (χ3v) is 10.2. The highest BCUT2D eigenvalue weighted by Gasteiger charge is 2.35. The summed E-state index contributed by atoms with van der Waals surface area (Å²) in [5.74, 6) is 3.18. The molecule has 5 N–H and O–H groups in total. The molecule has 5 aromatic heterocycles. The van der Waals surface area contributed by atoms with Crippen LogP contribution in [0.4, 0.5) is 23.3 Å². The number of hydrogen-bond acceptors (Lipinski definition) is 10. The minimum Gasteiger partial charge on any atom is -0.367 e. The third-order valence-electron chi connectivity index (χ3n) is 10.2. The lowest BCUT2D eigenvalue weighted by Crippen LogP contribution is -2.43. The van der Waals surface area contributed by atoms with Crippen LogP contribution in [-0.2, 0) is 0 Å². The fourth-order valence-electron chi connectivity index (χ4n) is 8.22. The topological polar surface area (TPSA) is 130 Å². The fourth-order valence-corrected chi connectivity index (χ4v) is 8.22. The molecule has 9 rings (SSSR count). The van der Waals surface area contributed by atoms with Crippen molar-refractivity contribution in [2.75, 3.05) is 16.0 Å². The Bertz CT molecular complexity index is 1860. The first-order valence-corrected chi connectivity index (χ1v) is 16.5. The van der Waals surface area contributed by atoms with Crippen LogP contribution in [0.15, 0.2) is 55.0 Å². The second-order valence-electron chi connectivity index (χ2n) is 13.4. The molecule has 6 atom stereocenters. The molecule has 0 saturated carbocycles. The van der Waals surface area contributed by atoms with E-state index in [1.807, 2.05) is 47.5 Å². The van der Waals surface area contributed by atoms with Gasteiger partial charge in [0.05, 0.1) is 11.7 Å². The molecule has 9 heterocycles. The largest absolute Gasteiger partial charge is 0.367 e. The summed E-state index contributed by atoms with van der Waals surface area (Å²) in [6.07, 6.45) is 15.1. The third kappa shape index (κ3) is 5.13. The molecule has 0 radical (unpaired) electrons. The zero-order valence-electron chi connectivity index (χ0n) is 25.5. The first kappa shape index (κ1) is 27.0. The molecule has 4 aliphatic heterocycles. The first-order valence-electron chi connectivity index (χ1n) is 16.5. The van der Waals surface area contributed by atoms with E-state index in [-0.39, 0.29) is 0 Å². The van der Waals surface area contributed by atoms with Crippen molar-refractivity contribution in [2.45, 2.75) is 94.5 Å². The van der Waals surface area contributed by atoms with Gasteiger partial charge in [-0.25, -0.2) is 14.6 Å². The predicted octanol–water partition coefficient (Wildman–Crippen LogP) is 5.20. The molecule has 0 amide bonds. The van der Waals surface area contributed by atoms with Crippen LogP contribution in [0.5, 0.6) is 0 Å². The number of nitrogens with one attached hydrogen (secondary N) is 5. The summed E-state index contributed by atoms with van der Waals surface area (Å²) in [7, 11) is 0. The van der Waals surface area contributed by atoms with Crippen LogP contribution in [0, 0.1) is 6.92 Å². The number of anilines is 4. The fraction of sp³-hybridized carbons (Fsp3) is 0.441. The molecular formula is C34H39N11. The number of nitrogens with zero attached hydrogens (tertiary/aromatic N) is 6. The van der Waals surface area contributed by atoms with Gasteiger partial charge in [-0.2, -0.15) is 0 Å². The highest BCUT2D eigenvalue weighted by Crippen LogP contribution is 2.34. The number of rotatable bonds is 7. The molecule has 0 spiro atoms. The number of aromatic nitrogens is 6. The standard InChI is InChI=1S/C34H39N11/c1-19-12-31(42-30-17-28-26(4-2-10-35-28)34(43-30)41-25-15-22-8-9-23(16-25)39-22)44-45(19)29-18-37-33(27-5-3-11-36-32(27)29)40-24-13-20-6-7-21(14-24)38-20/h2-5,10-12,17-18,20-25,38-39H,6-9,13-16H2,1H3,(H,37,40)(H2,41,42,43,44)/t20-,21+,22-,23+,24-,25-. The van der Waals surface area contributed by atoms with Gasteiger partial charge in [-0.1, -0.05) is 0 Å². The van der Waals surface area contributed by atoms with Gasteiger partial charge >= 0.3 is 0 Å². The average molecular weight is 602 g/mol. The van der Waals surface area contributed by atoms with Crippen LogP contribution in [0.1, 0.15) is 57.1 Å². The summed E-state index contributed by atoms with van der Waals surface area (Å²) < 4.78 is 1.92. The number of fused-ring (bicyclic) bond motifs is 6. The lowest BCUT2D eigenvalue weighted by Gasteiger charge is -2.30. The van der Waals surface area contributed by atoms with Gasteiger partial charge in [0.25, 0.3) is 0 Å². The smallest absolute Gasteiger partial charge is 0.154 e. The number of piperidine rings is 2. The lowest BCUT2D eigenvalue weighted by atomic mass is 9.99. The Labute approximate surface area is 262 Å². The van der Waals surface area contributed by atoms with Crippen molar-refractivity contribution >= 4 is 45.1 Å². The van der Waals surface area contributed by atoms with Crippen LogP contribution in [-0.4, -0.2) is 66.0 Å². The summed E-state index contributed by atoms with van der Waals surface area (Å²) in [4.78, 5) is 19.4. The quantitative estimate of drug-likeness (QED) is 0.170. The minimum atomic E-state index is 0.395. The van der Waals surface area contributed by atoms with E-state index in [9.17, 15) is 0 Å².